The van der Waals surface area contributed by atoms with E-state index in [0.29, 0.717) is 6.21 Å². The van der Waals surface area contributed by atoms with Crippen molar-refractivity contribution in [3.8, 4) is 5.75 Å². The number of aliphatic hydroxyl groups is 1. The third-order valence-electron chi connectivity index (χ3n) is 3.29. The Morgan fingerprint density at radius 1 is 1.27 bits per heavy atom. The number of carbonyl (C=O) groups excluding carboxylic acids is 3. The zero-order valence-corrected chi connectivity index (χ0v) is 14.5. The van der Waals surface area contributed by atoms with Gasteiger partial charge in [0.15, 0.2) is 6.10 Å². The number of aliphatic hydroxyl groups excluding tert-OH is 1. The summed E-state index contributed by atoms with van der Waals surface area (Å²) in [5.74, 6) is -2.17. The van der Waals surface area contributed by atoms with Crippen LogP contribution >= 0.6 is 0 Å². The van der Waals surface area contributed by atoms with Crippen LogP contribution in [-0.4, -0.2) is 51.0 Å². The lowest BCUT2D eigenvalue weighted by Gasteiger charge is -2.20. The molecule has 1 rings (SSSR count). The summed E-state index contributed by atoms with van der Waals surface area (Å²) in [5.41, 5.74) is 8.55. The second-order valence-electron chi connectivity index (χ2n) is 5.79. The standard InChI is InChI=1S/C17H21N3O6/c1-10(2)26-17(25)14(8-7-13(22)9-19-18)20-16(24)15(23)11-3-5-12(21)6-4-11/h3-6,9-10,14-15,21,23H,7-8H2,1-2H3,(H,20,24)/t14-,15-/m0/s1. The molecule has 1 aromatic rings. The lowest BCUT2D eigenvalue weighted by molar-refractivity contribution is -0.152. The highest BCUT2D eigenvalue weighted by molar-refractivity contribution is 6.25. The van der Waals surface area contributed by atoms with Gasteiger partial charge in [0.2, 0.25) is 5.78 Å². The highest BCUT2D eigenvalue weighted by atomic mass is 16.5. The average molecular weight is 363 g/mol. The quantitative estimate of drug-likeness (QED) is 0.252. The van der Waals surface area contributed by atoms with Gasteiger partial charge in [0, 0.05) is 6.42 Å². The third kappa shape index (κ3) is 6.84. The lowest BCUT2D eigenvalue weighted by Crippen LogP contribution is -2.44. The Kier molecular flexibility index (Phi) is 8.14. The van der Waals surface area contributed by atoms with Gasteiger partial charge in [-0.3, -0.25) is 9.59 Å². The molecule has 9 heteroatoms. The van der Waals surface area contributed by atoms with E-state index in [1.807, 2.05) is 0 Å². The topological polar surface area (TPSA) is 149 Å². The maximum absolute atomic E-state index is 12.2. The molecule has 0 aliphatic carbocycles. The fraction of sp³-hybridized carbons (Fsp3) is 0.412. The van der Waals surface area contributed by atoms with Gasteiger partial charge in [0.05, 0.1) is 6.10 Å². The van der Waals surface area contributed by atoms with E-state index in [0.717, 1.165) is 0 Å². The number of nitrogens with zero attached hydrogens (tertiary/aromatic N) is 2. The summed E-state index contributed by atoms with van der Waals surface area (Å²) in [4.78, 5) is 38.4. The van der Waals surface area contributed by atoms with E-state index in [1.54, 1.807) is 13.8 Å². The molecule has 0 spiro atoms. The van der Waals surface area contributed by atoms with Gasteiger partial charge in [-0.2, -0.15) is 4.79 Å². The van der Waals surface area contributed by atoms with Gasteiger partial charge in [0.1, 0.15) is 11.8 Å². The molecule has 3 N–H and O–H groups in total. The first-order valence-corrected chi connectivity index (χ1v) is 7.92. The van der Waals surface area contributed by atoms with Crippen molar-refractivity contribution >= 4 is 23.9 Å². The number of ether oxygens (including phenoxy) is 1. The van der Waals surface area contributed by atoms with Gasteiger partial charge in [-0.05, 0) is 38.0 Å². The van der Waals surface area contributed by atoms with Crippen molar-refractivity contribution in [1.82, 2.24) is 5.32 Å². The molecule has 1 aromatic carbocycles. The van der Waals surface area contributed by atoms with E-state index in [2.05, 4.69) is 10.1 Å². The van der Waals surface area contributed by atoms with Crippen LogP contribution in [0.1, 0.15) is 38.4 Å². The average Bonchev–Trinajstić information content (AvgIpc) is 2.58. The van der Waals surface area contributed by atoms with Crippen LogP contribution in [0.2, 0.25) is 0 Å². The smallest absolute Gasteiger partial charge is 0.328 e. The fourth-order valence-electron chi connectivity index (χ4n) is 2.04. The predicted molar refractivity (Wildman–Crippen MR) is 90.1 cm³/mol. The molecule has 0 aliphatic rings. The maximum atomic E-state index is 12.2. The molecule has 0 saturated heterocycles. The number of nitrogens with one attached hydrogen (secondary N) is 1. The minimum atomic E-state index is -1.57. The molecule has 9 nitrogen and oxygen atoms in total. The van der Waals surface area contributed by atoms with Gasteiger partial charge in [-0.15, -0.1) is 0 Å². The zero-order chi connectivity index (χ0) is 19.7. The van der Waals surface area contributed by atoms with Crippen molar-refractivity contribution in [2.24, 2.45) is 0 Å². The molecule has 1 amide bonds. The summed E-state index contributed by atoms with van der Waals surface area (Å²) < 4.78 is 5.04. The predicted octanol–water partition coefficient (Wildman–Crippen LogP) is 0.512. The number of amides is 1. The lowest BCUT2D eigenvalue weighted by atomic mass is 10.1. The van der Waals surface area contributed by atoms with Gasteiger partial charge in [0.25, 0.3) is 5.91 Å². The van der Waals surface area contributed by atoms with Crippen molar-refractivity contribution in [3.63, 3.8) is 0 Å². The van der Waals surface area contributed by atoms with Crippen LogP contribution < -0.4 is 5.32 Å². The monoisotopic (exact) mass is 363 g/mol. The summed E-state index contributed by atoms with van der Waals surface area (Å²) in [6, 6.07) is 4.18. The number of hydrogen-bond donors (Lipinski definition) is 3. The number of phenols is 1. The number of hydrogen-bond acceptors (Lipinski definition) is 6. The first-order chi connectivity index (χ1) is 12.2. The number of phenolic OH excluding ortho intramolecular Hbond substituents is 1. The number of rotatable bonds is 9. The molecule has 0 bridgehead atoms. The third-order valence-corrected chi connectivity index (χ3v) is 3.29. The molecule has 0 unspecified atom stereocenters. The van der Waals surface area contributed by atoms with Crippen LogP contribution in [0.25, 0.3) is 5.53 Å². The van der Waals surface area contributed by atoms with E-state index < -0.39 is 35.9 Å². The summed E-state index contributed by atoms with van der Waals surface area (Å²) in [5, 5.41) is 21.7. The fourth-order valence-corrected chi connectivity index (χ4v) is 2.04. The summed E-state index contributed by atoms with van der Waals surface area (Å²) in [6.07, 6.45) is -1.57. The van der Waals surface area contributed by atoms with Crippen LogP contribution in [0.15, 0.2) is 24.3 Å². The number of benzene rings is 1. The van der Waals surface area contributed by atoms with Gasteiger partial charge in [-0.1, -0.05) is 12.1 Å². The summed E-state index contributed by atoms with van der Waals surface area (Å²) in [7, 11) is 0. The molecular formula is C17H21N3O6. The van der Waals surface area contributed by atoms with Crippen LogP contribution in [0, 0.1) is 0 Å². The van der Waals surface area contributed by atoms with Crippen molar-refractivity contribution in [2.75, 3.05) is 0 Å². The molecule has 0 aromatic heterocycles. The van der Waals surface area contributed by atoms with Crippen molar-refractivity contribution < 1.29 is 34.1 Å². The molecule has 0 heterocycles. The molecule has 140 valence electrons. The molecule has 2 atom stereocenters. The maximum Gasteiger partial charge on any atom is 0.328 e. The summed E-state index contributed by atoms with van der Waals surface area (Å²) >= 11 is 0. The second-order valence-corrected chi connectivity index (χ2v) is 5.79. The van der Waals surface area contributed by atoms with Crippen LogP contribution in [0.3, 0.4) is 0 Å². The largest absolute Gasteiger partial charge is 0.508 e. The normalized spacial score (nSPS) is 12.6. The molecule has 0 saturated carbocycles. The molecule has 26 heavy (non-hydrogen) atoms. The first-order valence-electron chi connectivity index (χ1n) is 7.92. The van der Waals surface area contributed by atoms with Gasteiger partial charge < -0.3 is 25.8 Å². The van der Waals surface area contributed by atoms with E-state index in [1.165, 1.54) is 24.3 Å². The van der Waals surface area contributed by atoms with Crippen molar-refractivity contribution in [3.05, 3.63) is 35.4 Å². The Balaban J connectivity index is 2.83. The highest BCUT2D eigenvalue weighted by Crippen LogP contribution is 2.17. The van der Waals surface area contributed by atoms with Crippen molar-refractivity contribution in [2.45, 2.75) is 44.9 Å². The van der Waals surface area contributed by atoms with Crippen LogP contribution in [0.5, 0.6) is 5.75 Å². The summed E-state index contributed by atoms with van der Waals surface area (Å²) in [6.45, 7) is 3.26. The first kappa shape index (κ1) is 21.0. The van der Waals surface area contributed by atoms with Gasteiger partial charge in [-0.25, -0.2) is 4.79 Å². The Labute approximate surface area is 150 Å². The van der Waals surface area contributed by atoms with E-state index >= 15 is 0 Å². The number of Topliss-reactive ketones (excluding diaryl/α,β-unsaturated/α-hetero) is 1. The molecule has 0 aliphatic heterocycles. The molecule has 0 radical (unpaired) electrons. The minimum Gasteiger partial charge on any atom is -0.508 e. The zero-order valence-electron chi connectivity index (χ0n) is 14.5. The Morgan fingerprint density at radius 2 is 1.88 bits per heavy atom. The number of aromatic hydroxyl groups is 1. The highest BCUT2D eigenvalue weighted by Gasteiger charge is 2.27. The minimum absolute atomic E-state index is 0.0243. The van der Waals surface area contributed by atoms with E-state index in [-0.39, 0.29) is 24.2 Å². The second kappa shape index (κ2) is 10.1. The number of ketones is 1. The Hall–Kier alpha value is -3.03. The Morgan fingerprint density at radius 3 is 2.42 bits per heavy atom. The van der Waals surface area contributed by atoms with E-state index in [4.69, 9.17) is 10.3 Å². The number of carbonyl (C=O) groups is 3. The molecular weight excluding hydrogens is 342 g/mol. The van der Waals surface area contributed by atoms with Crippen LogP contribution in [0.4, 0.5) is 0 Å². The Bertz CT molecular complexity index is 695. The molecule has 0 fully saturated rings. The van der Waals surface area contributed by atoms with Crippen LogP contribution in [-0.2, 0) is 19.1 Å². The van der Waals surface area contributed by atoms with Crippen molar-refractivity contribution in [1.29, 1.82) is 0 Å². The SMILES string of the molecule is CC(C)OC(=O)[C@H](CCC(=O)C=[N+]=[N-])NC(=O)[C@@H](O)c1ccc(O)cc1. The van der Waals surface area contributed by atoms with Gasteiger partial charge >= 0.3 is 12.2 Å². The van der Waals surface area contributed by atoms with E-state index in [9.17, 15) is 24.6 Å². The number of esters is 1.